The summed E-state index contributed by atoms with van der Waals surface area (Å²) in [5, 5.41) is 16.5. The molecule has 2 saturated heterocycles. The van der Waals surface area contributed by atoms with Crippen molar-refractivity contribution in [1.82, 2.24) is 20.4 Å². The first-order valence-electron chi connectivity index (χ1n) is 11.3. The van der Waals surface area contributed by atoms with Crippen molar-refractivity contribution in [3.63, 3.8) is 0 Å². The number of nitrogens with one attached hydrogen (secondary N) is 2. The van der Waals surface area contributed by atoms with Gasteiger partial charge in [0.05, 0.1) is 25.9 Å². The Bertz CT molecular complexity index is 439. The second-order valence-corrected chi connectivity index (χ2v) is 8.50. The van der Waals surface area contributed by atoms with Gasteiger partial charge in [0.25, 0.3) is 0 Å². The number of likely N-dealkylation sites (tertiary alicyclic amines) is 1. The van der Waals surface area contributed by atoms with E-state index in [2.05, 4.69) is 41.2 Å². The van der Waals surface area contributed by atoms with Gasteiger partial charge in [0.15, 0.2) is 5.96 Å². The van der Waals surface area contributed by atoms with E-state index in [9.17, 15) is 5.11 Å². The van der Waals surface area contributed by atoms with Crippen LogP contribution in [0.4, 0.5) is 0 Å². The van der Waals surface area contributed by atoms with Crippen molar-refractivity contribution in [1.29, 1.82) is 0 Å². The van der Waals surface area contributed by atoms with Crippen LogP contribution in [-0.4, -0.2) is 98.6 Å². The molecule has 1 atom stereocenters. The number of morpholine rings is 1. The van der Waals surface area contributed by atoms with Crippen LogP contribution >= 0.6 is 24.0 Å². The molecule has 1 unspecified atom stereocenters. The molecule has 0 aromatic heterocycles. The Morgan fingerprint density at radius 3 is 2.45 bits per heavy atom. The fourth-order valence-corrected chi connectivity index (χ4v) is 4.02. The van der Waals surface area contributed by atoms with Crippen LogP contribution in [-0.2, 0) is 4.74 Å². The van der Waals surface area contributed by atoms with Crippen LogP contribution in [0.3, 0.4) is 0 Å². The molecule has 0 radical (unpaired) electrons. The van der Waals surface area contributed by atoms with Gasteiger partial charge in [-0.05, 0) is 45.1 Å². The molecule has 7 nitrogen and oxygen atoms in total. The summed E-state index contributed by atoms with van der Waals surface area (Å²) < 4.78 is 5.52. The van der Waals surface area contributed by atoms with Gasteiger partial charge in [-0.3, -0.25) is 9.89 Å². The number of rotatable bonds is 10. The number of guanidine groups is 1. The van der Waals surface area contributed by atoms with Gasteiger partial charge in [-0.2, -0.15) is 0 Å². The molecule has 8 heteroatoms. The van der Waals surface area contributed by atoms with Crippen LogP contribution in [0.15, 0.2) is 4.99 Å². The van der Waals surface area contributed by atoms with Crippen molar-refractivity contribution in [2.24, 2.45) is 10.9 Å². The predicted molar refractivity (Wildman–Crippen MR) is 131 cm³/mol. The van der Waals surface area contributed by atoms with Crippen molar-refractivity contribution < 1.29 is 9.84 Å². The highest BCUT2D eigenvalue weighted by molar-refractivity contribution is 14.0. The Morgan fingerprint density at radius 2 is 1.83 bits per heavy atom. The molecule has 0 spiro atoms. The molecule has 0 saturated carbocycles. The van der Waals surface area contributed by atoms with E-state index in [0.717, 1.165) is 90.8 Å². The highest BCUT2D eigenvalue weighted by atomic mass is 127. The zero-order chi connectivity index (χ0) is 20.2. The highest BCUT2D eigenvalue weighted by Crippen LogP contribution is 2.14. The number of aliphatic hydroxyl groups is 1. The molecule has 29 heavy (non-hydrogen) atoms. The second-order valence-electron chi connectivity index (χ2n) is 8.50. The molecule has 2 aliphatic heterocycles. The zero-order valence-electron chi connectivity index (χ0n) is 18.7. The lowest BCUT2D eigenvalue weighted by Crippen LogP contribution is -2.46. The van der Waals surface area contributed by atoms with Gasteiger partial charge in [0.1, 0.15) is 0 Å². The van der Waals surface area contributed by atoms with Gasteiger partial charge >= 0.3 is 0 Å². The number of nitrogens with zero attached hydrogens (tertiary/aromatic N) is 3. The third-order valence-corrected chi connectivity index (χ3v) is 5.61. The van der Waals surface area contributed by atoms with Crippen molar-refractivity contribution in [2.75, 3.05) is 65.6 Å². The van der Waals surface area contributed by atoms with E-state index < -0.39 is 0 Å². The summed E-state index contributed by atoms with van der Waals surface area (Å²) in [6.07, 6.45) is 4.00. The van der Waals surface area contributed by atoms with E-state index in [1.165, 1.54) is 6.42 Å². The summed E-state index contributed by atoms with van der Waals surface area (Å²) in [4.78, 5) is 9.90. The molecule has 0 aliphatic carbocycles. The van der Waals surface area contributed by atoms with Crippen molar-refractivity contribution >= 4 is 29.9 Å². The SMILES string of the molecule is CCNC(=NCC(CC(C)C)N1CCOCC1)NCCCN1CCC(O)CC1.I. The smallest absolute Gasteiger partial charge is 0.191 e. The summed E-state index contributed by atoms with van der Waals surface area (Å²) in [6, 6.07) is 0.485. The highest BCUT2D eigenvalue weighted by Gasteiger charge is 2.22. The molecule has 172 valence electrons. The molecular formula is C21H44IN5O2. The quantitative estimate of drug-likeness (QED) is 0.175. The van der Waals surface area contributed by atoms with E-state index in [0.29, 0.717) is 12.0 Å². The summed E-state index contributed by atoms with van der Waals surface area (Å²) in [6.45, 7) is 16.2. The Hall–Kier alpha value is -0.160. The van der Waals surface area contributed by atoms with Gasteiger partial charge < -0.3 is 25.4 Å². The Kier molecular flexibility index (Phi) is 14.5. The Balaban J connectivity index is 0.00000420. The lowest BCUT2D eigenvalue weighted by Gasteiger charge is -2.34. The number of aliphatic imine (C=N–C) groups is 1. The molecule has 0 bridgehead atoms. The summed E-state index contributed by atoms with van der Waals surface area (Å²) >= 11 is 0. The van der Waals surface area contributed by atoms with Crippen molar-refractivity contribution in [3.8, 4) is 0 Å². The average molecular weight is 526 g/mol. The van der Waals surface area contributed by atoms with Crippen LogP contribution in [0.1, 0.15) is 46.5 Å². The van der Waals surface area contributed by atoms with E-state index in [4.69, 9.17) is 9.73 Å². The first-order valence-corrected chi connectivity index (χ1v) is 11.3. The summed E-state index contributed by atoms with van der Waals surface area (Å²) in [5.41, 5.74) is 0. The first kappa shape index (κ1) is 26.9. The number of ether oxygens (including phenoxy) is 1. The second kappa shape index (κ2) is 15.6. The molecule has 0 aromatic rings. The monoisotopic (exact) mass is 525 g/mol. The minimum atomic E-state index is -0.0906. The largest absolute Gasteiger partial charge is 0.393 e. The van der Waals surface area contributed by atoms with Gasteiger partial charge in [0, 0.05) is 45.3 Å². The fourth-order valence-electron chi connectivity index (χ4n) is 4.02. The van der Waals surface area contributed by atoms with Gasteiger partial charge in [0.2, 0.25) is 0 Å². The maximum absolute atomic E-state index is 9.61. The van der Waals surface area contributed by atoms with Crippen LogP contribution in [0.25, 0.3) is 0 Å². The van der Waals surface area contributed by atoms with Crippen molar-refractivity contribution in [2.45, 2.75) is 58.6 Å². The third-order valence-electron chi connectivity index (χ3n) is 5.61. The zero-order valence-corrected chi connectivity index (χ0v) is 21.1. The fraction of sp³-hybridized carbons (Fsp3) is 0.952. The lowest BCUT2D eigenvalue weighted by molar-refractivity contribution is 0.0143. The summed E-state index contributed by atoms with van der Waals surface area (Å²) in [5.74, 6) is 1.60. The molecule has 2 fully saturated rings. The van der Waals surface area contributed by atoms with Crippen molar-refractivity contribution in [3.05, 3.63) is 0 Å². The molecule has 2 aliphatic rings. The number of piperidine rings is 1. The van der Waals surface area contributed by atoms with Gasteiger partial charge in [-0.1, -0.05) is 13.8 Å². The first-order chi connectivity index (χ1) is 13.6. The number of hydrogen-bond donors (Lipinski definition) is 3. The van der Waals surface area contributed by atoms with Crippen LogP contribution in [0, 0.1) is 5.92 Å². The molecular weight excluding hydrogens is 481 g/mol. The molecule has 3 N–H and O–H groups in total. The van der Waals surface area contributed by atoms with Gasteiger partial charge in [-0.15, -0.1) is 24.0 Å². The minimum absolute atomic E-state index is 0. The topological polar surface area (TPSA) is 72.4 Å². The van der Waals surface area contributed by atoms with Crippen LogP contribution in [0.5, 0.6) is 0 Å². The third kappa shape index (κ3) is 11.1. The maximum Gasteiger partial charge on any atom is 0.191 e. The number of hydrogen-bond acceptors (Lipinski definition) is 5. The normalized spacial score (nSPS) is 21.1. The van der Waals surface area contributed by atoms with Crippen LogP contribution in [0.2, 0.25) is 0 Å². The van der Waals surface area contributed by atoms with E-state index >= 15 is 0 Å². The molecule has 0 aromatic carbocycles. The summed E-state index contributed by atoms with van der Waals surface area (Å²) in [7, 11) is 0. The molecule has 2 rings (SSSR count). The minimum Gasteiger partial charge on any atom is -0.393 e. The lowest BCUT2D eigenvalue weighted by atomic mass is 10.0. The van der Waals surface area contributed by atoms with E-state index in [1.807, 2.05) is 0 Å². The standard InChI is InChI=1S/C21H43N5O2.HI/c1-4-22-21(23-8-5-9-25-10-6-20(27)7-11-25)24-17-19(16-18(2)3)26-12-14-28-15-13-26;/h18-20,27H,4-17H2,1-3H3,(H2,22,23,24);1H. The number of aliphatic hydroxyl groups excluding tert-OH is 1. The Labute approximate surface area is 195 Å². The average Bonchev–Trinajstić information content (AvgIpc) is 2.70. The number of halogens is 1. The van der Waals surface area contributed by atoms with E-state index in [-0.39, 0.29) is 30.1 Å². The molecule has 2 heterocycles. The Morgan fingerprint density at radius 1 is 1.14 bits per heavy atom. The van der Waals surface area contributed by atoms with Gasteiger partial charge in [-0.25, -0.2) is 0 Å². The van der Waals surface area contributed by atoms with Crippen LogP contribution < -0.4 is 10.6 Å². The predicted octanol–water partition coefficient (Wildman–Crippen LogP) is 1.75. The van der Waals surface area contributed by atoms with E-state index in [1.54, 1.807) is 0 Å². The maximum atomic E-state index is 9.61. The molecule has 0 amide bonds.